The van der Waals surface area contributed by atoms with Crippen LogP contribution in [0, 0.1) is 0 Å². The van der Waals surface area contributed by atoms with E-state index in [4.69, 9.17) is 17.3 Å². The lowest BCUT2D eigenvalue weighted by Gasteiger charge is -2.18. The van der Waals surface area contributed by atoms with Gasteiger partial charge in [0.2, 0.25) is 5.91 Å². The standard InChI is InChI=1S/C25H28ClN5O2S/c26-22-20-9-10-21(24(32)29-14-19-8-7-18(12-27)34-19)31(20)25(33)23(30-22)28-13-15-5-6-16-3-1-2-4-17(16)11-15/h5-8,11,21H,1-4,9-10,12-14,27H2,(H,28,30)(H,29,32). The molecule has 2 aliphatic rings. The number of nitrogens with zero attached hydrogens (tertiary/aromatic N) is 2. The van der Waals surface area contributed by atoms with Crippen molar-refractivity contribution in [1.82, 2.24) is 14.9 Å². The van der Waals surface area contributed by atoms with Crippen LogP contribution in [0.2, 0.25) is 5.15 Å². The average molecular weight is 498 g/mol. The van der Waals surface area contributed by atoms with Crippen LogP contribution in [0.3, 0.4) is 0 Å². The minimum atomic E-state index is -0.596. The monoisotopic (exact) mass is 497 g/mol. The van der Waals surface area contributed by atoms with Crippen LogP contribution in [0.4, 0.5) is 5.82 Å². The molecule has 34 heavy (non-hydrogen) atoms. The van der Waals surface area contributed by atoms with Gasteiger partial charge in [0.15, 0.2) is 11.0 Å². The van der Waals surface area contributed by atoms with Gasteiger partial charge in [-0.15, -0.1) is 11.3 Å². The Morgan fingerprint density at radius 1 is 1.12 bits per heavy atom. The predicted molar refractivity (Wildman–Crippen MR) is 135 cm³/mol. The van der Waals surface area contributed by atoms with Crippen LogP contribution in [0.25, 0.3) is 0 Å². The number of rotatable bonds is 7. The van der Waals surface area contributed by atoms with Crippen molar-refractivity contribution in [2.24, 2.45) is 5.73 Å². The van der Waals surface area contributed by atoms with Crippen molar-refractivity contribution >= 4 is 34.7 Å². The Hall–Kier alpha value is -2.68. The summed E-state index contributed by atoms with van der Waals surface area (Å²) in [5.74, 6) is -0.0107. The number of aromatic nitrogens is 2. The van der Waals surface area contributed by atoms with Gasteiger partial charge < -0.3 is 16.4 Å². The van der Waals surface area contributed by atoms with Gasteiger partial charge >= 0.3 is 0 Å². The molecular weight excluding hydrogens is 470 g/mol. The first kappa shape index (κ1) is 23.1. The third kappa shape index (κ3) is 4.62. The number of fused-ring (bicyclic) bond motifs is 2. The molecule has 3 aromatic rings. The number of aryl methyl sites for hydroxylation is 2. The van der Waals surface area contributed by atoms with Gasteiger partial charge in [0.05, 0.1) is 12.2 Å². The van der Waals surface area contributed by atoms with Gasteiger partial charge in [-0.2, -0.15) is 0 Å². The second-order valence-corrected chi connectivity index (χ2v) is 10.5. The zero-order chi connectivity index (χ0) is 23.7. The van der Waals surface area contributed by atoms with Crippen LogP contribution in [0.1, 0.15) is 57.4 Å². The van der Waals surface area contributed by atoms with Crippen LogP contribution in [-0.2, 0) is 43.7 Å². The SMILES string of the molecule is NCc1ccc(CNC(=O)C2CCc3c(Cl)nc(NCc4ccc5c(c4)CCCC5)c(=O)n32)s1. The fourth-order valence-electron chi connectivity index (χ4n) is 4.87. The van der Waals surface area contributed by atoms with Crippen LogP contribution in [0.15, 0.2) is 35.1 Å². The maximum atomic E-state index is 13.3. The molecule has 1 atom stereocenters. The minimum absolute atomic E-state index is 0.178. The number of anilines is 1. The minimum Gasteiger partial charge on any atom is -0.361 e. The van der Waals surface area contributed by atoms with Gasteiger partial charge in [-0.05, 0) is 67.3 Å². The largest absolute Gasteiger partial charge is 0.361 e. The van der Waals surface area contributed by atoms with Crippen LogP contribution in [-0.4, -0.2) is 15.5 Å². The quantitative estimate of drug-likeness (QED) is 0.462. The highest BCUT2D eigenvalue weighted by atomic mass is 35.5. The smallest absolute Gasteiger partial charge is 0.294 e. The molecule has 0 saturated carbocycles. The number of carbonyl (C=O) groups is 1. The maximum Gasteiger partial charge on any atom is 0.294 e. The number of halogens is 1. The van der Waals surface area contributed by atoms with E-state index in [2.05, 4.69) is 33.8 Å². The summed E-state index contributed by atoms with van der Waals surface area (Å²) < 4.78 is 1.51. The molecule has 1 aliphatic carbocycles. The third-order valence-corrected chi connectivity index (χ3v) is 8.07. The number of nitrogens with two attached hydrogens (primary N) is 1. The second-order valence-electron chi connectivity index (χ2n) is 8.88. The van der Waals surface area contributed by atoms with E-state index in [0.717, 1.165) is 28.2 Å². The van der Waals surface area contributed by atoms with E-state index in [1.54, 1.807) is 11.3 Å². The average Bonchev–Trinajstić information content (AvgIpc) is 3.51. The Bertz CT molecular complexity index is 1280. The molecule has 9 heteroatoms. The summed E-state index contributed by atoms with van der Waals surface area (Å²) in [5, 5.41) is 6.39. The van der Waals surface area contributed by atoms with Gasteiger partial charge in [-0.1, -0.05) is 29.8 Å². The molecule has 0 fully saturated rings. The van der Waals surface area contributed by atoms with E-state index in [9.17, 15) is 9.59 Å². The summed E-state index contributed by atoms with van der Waals surface area (Å²) in [6.45, 7) is 1.37. The summed E-state index contributed by atoms with van der Waals surface area (Å²) in [4.78, 5) is 32.7. The normalized spacial score (nSPS) is 16.7. The molecule has 178 valence electrons. The molecule has 2 aromatic heterocycles. The summed E-state index contributed by atoms with van der Waals surface area (Å²) >= 11 is 8.01. The molecule has 5 rings (SSSR count). The maximum absolute atomic E-state index is 13.3. The third-order valence-electron chi connectivity index (χ3n) is 6.66. The van der Waals surface area contributed by atoms with Crippen molar-refractivity contribution in [3.05, 3.63) is 78.0 Å². The molecule has 0 bridgehead atoms. The van der Waals surface area contributed by atoms with E-state index in [1.165, 1.54) is 28.5 Å². The van der Waals surface area contributed by atoms with Crippen molar-refractivity contribution in [2.45, 2.75) is 64.2 Å². The zero-order valence-electron chi connectivity index (χ0n) is 18.9. The number of benzene rings is 1. The summed E-state index contributed by atoms with van der Waals surface area (Å²) in [6.07, 6.45) is 5.77. The highest BCUT2D eigenvalue weighted by Gasteiger charge is 2.32. The Morgan fingerprint density at radius 2 is 1.91 bits per heavy atom. The van der Waals surface area contributed by atoms with Crippen molar-refractivity contribution in [3.8, 4) is 0 Å². The topological polar surface area (TPSA) is 102 Å². The van der Waals surface area contributed by atoms with Gasteiger partial charge in [0.1, 0.15) is 6.04 Å². The first-order chi connectivity index (χ1) is 16.5. The van der Waals surface area contributed by atoms with Gasteiger partial charge in [-0.25, -0.2) is 4.98 Å². The van der Waals surface area contributed by atoms with Crippen molar-refractivity contribution < 1.29 is 4.79 Å². The zero-order valence-corrected chi connectivity index (χ0v) is 20.5. The lowest BCUT2D eigenvalue weighted by atomic mass is 9.90. The molecule has 1 unspecified atom stereocenters. The van der Waals surface area contributed by atoms with E-state index >= 15 is 0 Å². The van der Waals surface area contributed by atoms with E-state index in [-0.39, 0.29) is 22.4 Å². The van der Waals surface area contributed by atoms with Crippen molar-refractivity contribution in [3.63, 3.8) is 0 Å². The molecule has 0 saturated heterocycles. The van der Waals surface area contributed by atoms with E-state index in [0.29, 0.717) is 38.2 Å². The molecule has 0 spiro atoms. The van der Waals surface area contributed by atoms with Crippen LogP contribution < -0.4 is 21.9 Å². The van der Waals surface area contributed by atoms with Crippen molar-refractivity contribution in [1.29, 1.82) is 0 Å². The Morgan fingerprint density at radius 3 is 2.71 bits per heavy atom. The Kier molecular flexibility index (Phi) is 6.72. The number of thiophene rings is 1. The molecule has 0 radical (unpaired) electrons. The fourth-order valence-corrected chi connectivity index (χ4v) is 5.97. The summed E-state index contributed by atoms with van der Waals surface area (Å²) in [5.41, 5.74) is 9.89. The second kappa shape index (κ2) is 9.90. The molecule has 7 nitrogen and oxygen atoms in total. The lowest BCUT2D eigenvalue weighted by molar-refractivity contribution is -0.124. The van der Waals surface area contributed by atoms with Gasteiger partial charge in [-0.3, -0.25) is 14.2 Å². The van der Waals surface area contributed by atoms with E-state index in [1.807, 2.05) is 12.1 Å². The number of nitrogens with one attached hydrogen (secondary N) is 2. The predicted octanol–water partition coefficient (Wildman–Crippen LogP) is 3.71. The lowest BCUT2D eigenvalue weighted by Crippen LogP contribution is -2.36. The van der Waals surface area contributed by atoms with Gasteiger partial charge in [0, 0.05) is 22.8 Å². The molecule has 1 aliphatic heterocycles. The van der Waals surface area contributed by atoms with Crippen LogP contribution >= 0.6 is 22.9 Å². The summed E-state index contributed by atoms with van der Waals surface area (Å²) in [6, 6.07) is 9.83. The molecule has 1 amide bonds. The molecular formula is C25H28ClN5O2S. The van der Waals surface area contributed by atoms with Gasteiger partial charge in [0.25, 0.3) is 5.56 Å². The molecule has 3 heterocycles. The highest BCUT2D eigenvalue weighted by Crippen LogP contribution is 2.29. The molecule has 4 N–H and O–H groups in total. The number of carbonyl (C=O) groups excluding carboxylic acids is 1. The summed E-state index contributed by atoms with van der Waals surface area (Å²) in [7, 11) is 0. The number of hydrogen-bond acceptors (Lipinski definition) is 6. The molecule has 1 aromatic carbocycles. The highest BCUT2D eigenvalue weighted by molar-refractivity contribution is 7.11. The van der Waals surface area contributed by atoms with E-state index < -0.39 is 6.04 Å². The van der Waals surface area contributed by atoms with Crippen molar-refractivity contribution in [2.75, 3.05) is 5.32 Å². The number of hydrogen-bond donors (Lipinski definition) is 3. The van der Waals surface area contributed by atoms with Crippen LogP contribution in [0.5, 0.6) is 0 Å². The Balaban J connectivity index is 1.31. The first-order valence-corrected chi connectivity index (χ1v) is 12.9. The number of amides is 1. The first-order valence-electron chi connectivity index (χ1n) is 11.7. The fraction of sp³-hybridized carbons (Fsp3) is 0.400. The Labute approximate surface area is 207 Å².